The van der Waals surface area contributed by atoms with Gasteiger partial charge in [-0.15, -0.1) is 0 Å². The van der Waals surface area contributed by atoms with Crippen LogP contribution in [0.25, 0.3) is 0 Å². The molecule has 0 saturated carbocycles. The number of carbonyl (C=O) groups is 3. The van der Waals surface area contributed by atoms with Gasteiger partial charge in [0.25, 0.3) is 5.91 Å². The number of amides is 2. The van der Waals surface area contributed by atoms with Gasteiger partial charge >= 0.3 is 12.1 Å². The molecule has 188 valence electrons. The number of rotatable bonds is 9. The number of carbonyl (C=O) groups excluding carboxylic acids is 2. The van der Waals surface area contributed by atoms with Crippen LogP contribution in [-0.2, 0) is 19.4 Å². The first-order valence-corrected chi connectivity index (χ1v) is 12.3. The Bertz CT molecular complexity index is 1350. The second kappa shape index (κ2) is 11.6. The van der Waals surface area contributed by atoms with E-state index in [1.54, 1.807) is 24.3 Å². The van der Waals surface area contributed by atoms with Crippen molar-refractivity contribution in [3.05, 3.63) is 89.2 Å². The van der Waals surface area contributed by atoms with Crippen molar-refractivity contribution in [2.75, 3.05) is 17.2 Å². The SMILES string of the molecule is O=C(Nc1ccc(F)cc1)OCCC(C(=O)O)S(=O)(=O)c1ccc(C(=O)Nc2ccc(Cl)cc2)cc1. The van der Waals surface area contributed by atoms with Gasteiger partial charge in [0, 0.05) is 28.4 Å². The first kappa shape index (κ1) is 26.6. The lowest BCUT2D eigenvalue weighted by molar-refractivity contribution is -0.136. The Morgan fingerprint density at radius 2 is 1.44 bits per heavy atom. The molecule has 0 saturated heterocycles. The van der Waals surface area contributed by atoms with Crippen LogP contribution in [0.15, 0.2) is 77.7 Å². The van der Waals surface area contributed by atoms with Crippen LogP contribution in [0, 0.1) is 5.82 Å². The average Bonchev–Trinajstić information content (AvgIpc) is 2.84. The zero-order valence-electron chi connectivity index (χ0n) is 18.5. The molecule has 3 aromatic rings. The van der Waals surface area contributed by atoms with Crippen molar-refractivity contribution in [1.29, 1.82) is 0 Å². The quantitative estimate of drug-likeness (QED) is 0.364. The van der Waals surface area contributed by atoms with Crippen molar-refractivity contribution in [3.8, 4) is 0 Å². The van der Waals surface area contributed by atoms with Crippen LogP contribution in [0.1, 0.15) is 16.8 Å². The number of nitrogens with one attached hydrogen (secondary N) is 2. The van der Waals surface area contributed by atoms with Crippen molar-refractivity contribution in [2.24, 2.45) is 0 Å². The average molecular weight is 535 g/mol. The Balaban J connectivity index is 1.61. The van der Waals surface area contributed by atoms with E-state index in [1.807, 2.05) is 0 Å². The summed E-state index contributed by atoms with van der Waals surface area (Å²) in [7, 11) is -4.37. The summed E-state index contributed by atoms with van der Waals surface area (Å²) in [6.07, 6.45) is -1.48. The van der Waals surface area contributed by atoms with E-state index >= 15 is 0 Å². The van der Waals surface area contributed by atoms with Gasteiger partial charge in [-0.05, 0) is 72.8 Å². The molecular formula is C24H20ClFN2O7S. The third-order valence-corrected chi connectivity index (χ3v) is 7.27. The number of benzene rings is 3. The Kier molecular flexibility index (Phi) is 8.62. The standard InChI is InChI=1S/C24H20ClFN2O7S/c25-16-3-7-18(8-4-16)27-22(29)15-1-11-20(12-2-15)36(33,34)21(23(30)31)13-14-35-24(32)28-19-9-5-17(26)6-10-19/h1-12,21H,13-14H2,(H,27,29)(H,28,32)(H,30,31). The zero-order valence-corrected chi connectivity index (χ0v) is 20.1. The number of aliphatic carboxylic acids is 1. The molecule has 36 heavy (non-hydrogen) atoms. The van der Waals surface area contributed by atoms with E-state index < -0.39 is 51.9 Å². The summed E-state index contributed by atoms with van der Waals surface area (Å²) in [6, 6.07) is 16.0. The fourth-order valence-electron chi connectivity index (χ4n) is 3.05. The third kappa shape index (κ3) is 7.03. The first-order valence-electron chi connectivity index (χ1n) is 10.4. The highest BCUT2D eigenvalue weighted by molar-refractivity contribution is 7.92. The van der Waals surface area contributed by atoms with E-state index in [9.17, 15) is 32.3 Å². The maximum absolute atomic E-state index is 12.9. The number of carboxylic acids is 1. The maximum Gasteiger partial charge on any atom is 0.411 e. The molecule has 1 atom stereocenters. The van der Waals surface area contributed by atoms with Gasteiger partial charge in [-0.2, -0.15) is 0 Å². The second-order valence-electron chi connectivity index (χ2n) is 7.41. The smallest absolute Gasteiger partial charge is 0.411 e. The molecule has 1 unspecified atom stereocenters. The predicted molar refractivity (Wildman–Crippen MR) is 130 cm³/mol. The van der Waals surface area contributed by atoms with Crippen LogP contribution in [0.3, 0.4) is 0 Å². The lowest BCUT2D eigenvalue weighted by Gasteiger charge is -2.14. The molecule has 0 radical (unpaired) electrons. The lowest BCUT2D eigenvalue weighted by Crippen LogP contribution is -2.32. The van der Waals surface area contributed by atoms with Crippen molar-refractivity contribution in [3.63, 3.8) is 0 Å². The minimum absolute atomic E-state index is 0.150. The number of carboxylic acid groups (broad SMARTS) is 1. The molecule has 0 heterocycles. The monoisotopic (exact) mass is 534 g/mol. The molecule has 3 aromatic carbocycles. The lowest BCUT2D eigenvalue weighted by atomic mass is 10.2. The molecule has 0 aliphatic carbocycles. The fraction of sp³-hybridized carbons (Fsp3) is 0.125. The van der Waals surface area contributed by atoms with Gasteiger partial charge in [0.2, 0.25) is 0 Å². The molecule has 2 amide bonds. The number of sulfone groups is 1. The van der Waals surface area contributed by atoms with Gasteiger partial charge in [0.15, 0.2) is 15.1 Å². The molecule has 0 aliphatic rings. The molecule has 0 aromatic heterocycles. The minimum Gasteiger partial charge on any atom is -0.480 e. The molecule has 0 fully saturated rings. The number of hydrogen-bond acceptors (Lipinski definition) is 6. The van der Waals surface area contributed by atoms with Crippen molar-refractivity contribution in [2.45, 2.75) is 16.6 Å². The largest absolute Gasteiger partial charge is 0.480 e. The highest BCUT2D eigenvalue weighted by Crippen LogP contribution is 2.21. The molecule has 0 aliphatic heterocycles. The fourth-order valence-corrected chi connectivity index (χ4v) is 4.70. The summed E-state index contributed by atoms with van der Waals surface area (Å²) in [4.78, 5) is 35.6. The van der Waals surface area contributed by atoms with E-state index in [-0.39, 0.29) is 16.1 Å². The molecule has 0 bridgehead atoms. The molecule has 0 spiro atoms. The predicted octanol–water partition coefficient (Wildman–Crippen LogP) is 4.60. The molecular weight excluding hydrogens is 515 g/mol. The number of anilines is 2. The third-order valence-electron chi connectivity index (χ3n) is 4.90. The van der Waals surface area contributed by atoms with Gasteiger partial charge in [-0.3, -0.25) is 14.9 Å². The second-order valence-corrected chi connectivity index (χ2v) is 9.98. The highest BCUT2D eigenvalue weighted by atomic mass is 35.5. The summed E-state index contributed by atoms with van der Waals surface area (Å²) in [5, 5.41) is 13.0. The van der Waals surface area contributed by atoms with Crippen LogP contribution in [0.4, 0.5) is 20.6 Å². The Morgan fingerprint density at radius 1 is 0.889 bits per heavy atom. The summed E-state index contributed by atoms with van der Waals surface area (Å²) < 4.78 is 43.6. The van der Waals surface area contributed by atoms with Crippen LogP contribution in [0.2, 0.25) is 5.02 Å². The summed E-state index contributed by atoms with van der Waals surface area (Å²) >= 11 is 5.81. The highest BCUT2D eigenvalue weighted by Gasteiger charge is 2.34. The molecule has 3 rings (SSSR count). The Hall–Kier alpha value is -3.96. The van der Waals surface area contributed by atoms with Crippen molar-refractivity contribution in [1.82, 2.24) is 0 Å². The first-order chi connectivity index (χ1) is 17.1. The van der Waals surface area contributed by atoms with E-state index in [1.165, 1.54) is 24.3 Å². The summed E-state index contributed by atoms with van der Waals surface area (Å²) in [5.74, 6) is -2.63. The molecule has 12 heteroatoms. The minimum atomic E-state index is -4.37. The summed E-state index contributed by atoms with van der Waals surface area (Å²) in [5.41, 5.74) is 0.871. The zero-order chi connectivity index (χ0) is 26.3. The van der Waals surface area contributed by atoms with E-state index in [2.05, 4.69) is 10.6 Å². The van der Waals surface area contributed by atoms with Crippen molar-refractivity contribution >= 4 is 50.8 Å². The Morgan fingerprint density at radius 3 is 2.03 bits per heavy atom. The van der Waals surface area contributed by atoms with Gasteiger partial charge < -0.3 is 15.2 Å². The maximum atomic E-state index is 12.9. The van der Waals surface area contributed by atoms with Crippen LogP contribution >= 0.6 is 11.6 Å². The van der Waals surface area contributed by atoms with Gasteiger partial charge in [0.1, 0.15) is 5.82 Å². The van der Waals surface area contributed by atoms with Gasteiger partial charge in [-0.25, -0.2) is 17.6 Å². The summed E-state index contributed by atoms with van der Waals surface area (Å²) in [6.45, 7) is -0.509. The van der Waals surface area contributed by atoms with Crippen LogP contribution in [-0.4, -0.2) is 43.4 Å². The Labute approximate surface area is 210 Å². The van der Waals surface area contributed by atoms with Gasteiger partial charge in [-0.1, -0.05) is 11.6 Å². The number of ether oxygens (including phenoxy) is 1. The number of hydrogen-bond donors (Lipinski definition) is 3. The van der Waals surface area contributed by atoms with E-state index in [0.29, 0.717) is 10.7 Å². The number of halogens is 2. The van der Waals surface area contributed by atoms with Gasteiger partial charge in [0.05, 0.1) is 11.5 Å². The molecule has 3 N–H and O–H groups in total. The van der Waals surface area contributed by atoms with E-state index in [4.69, 9.17) is 16.3 Å². The van der Waals surface area contributed by atoms with Crippen LogP contribution < -0.4 is 10.6 Å². The molecule has 9 nitrogen and oxygen atoms in total. The topological polar surface area (TPSA) is 139 Å². The van der Waals surface area contributed by atoms with Crippen molar-refractivity contribution < 1.29 is 37.0 Å². The van der Waals surface area contributed by atoms with Crippen LogP contribution in [0.5, 0.6) is 0 Å². The van der Waals surface area contributed by atoms with E-state index in [0.717, 1.165) is 24.3 Å². The normalized spacial score (nSPS) is 11.8.